The fraction of sp³-hybridized carbons (Fsp3) is 0.429. The van der Waals surface area contributed by atoms with E-state index < -0.39 is 23.8 Å². The number of methoxy groups -OCH3 is 3. The molecule has 0 bridgehead atoms. The van der Waals surface area contributed by atoms with Crippen LogP contribution in [0.25, 0.3) is 0 Å². The van der Waals surface area contributed by atoms with E-state index in [2.05, 4.69) is 0 Å². The van der Waals surface area contributed by atoms with Crippen LogP contribution in [0.4, 0.5) is 8.78 Å². The lowest BCUT2D eigenvalue weighted by Crippen LogP contribution is -2.46. The van der Waals surface area contributed by atoms with E-state index in [1.807, 2.05) is 11.0 Å². The first-order chi connectivity index (χ1) is 14.0. The molecular weight excluding hydrogens is 384 g/mol. The molecule has 0 radical (unpaired) electrons. The predicted octanol–water partition coefficient (Wildman–Crippen LogP) is 2.93. The van der Waals surface area contributed by atoms with Crippen LogP contribution in [0.5, 0.6) is 17.2 Å². The summed E-state index contributed by atoms with van der Waals surface area (Å²) >= 11 is 0. The molecule has 1 saturated heterocycles. The van der Waals surface area contributed by atoms with Crippen LogP contribution < -0.4 is 14.2 Å². The van der Waals surface area contributed by atoms with Gasteiger partial charge in [0.2, 0.25) is 0 Å². The zero-order chi connectivity index (χ0) is 21.0. The monoisotopic (exact) mass is 409 g/mol. The Labute approximate surface area is 168 Å². The Morgan fingerprint density at radius 1 is 1.03 bits per heavy atom. The second-order valence-electron chi connectivity index (χ2n) is 6.66. The van der Waals surface area contributed by atoms with E-state index in [1.165, 1.54) is 20.3 Å². The average Bonchev–Trinajstić information content (AvgIpc) is 2.76. The van der Waals surface area contributed by atoms with Gasteiger partial charge in [0.05, 0.1) is 40.6 Å². The molecule has 0 unspecified atom stereocenters. The number of halogens is 2. The molecule has 2 aromatic carbocycles. The molecule has 1 aliphatic rings. The van der Waals surface area contributed by atoms with Gasteiger partial charge in [0.25, 0.3) is 0 Å². The highest BCUT2D eigenvalue weighted by Crippen LogP contribution is 2.37. The fourth-order valence-electron chi connectivity index (χ4n) is 3.70. The van der Waals surface area contributed by atoms with Crippen molar-refractivity contribution in [2.45, 2.75) is 18.7 Å². The lowest BCUT2D eigenvalue weighted by atomic mass is 9.97. The van der Waals surface area contributed by atoms with Crippen LogP contribution in [-0.2, 0) is 11.3 Å². The highest BCUT2D eigenvalue weighted by atomic mass is 19.2. The number of rotatable bonds is 7. The molecule has 158 valence electrons. The van der Waals surface area contributed by atoms with Gasteiger partial charge in [0.1, 0.15) is 11.9 Å². The van der Waals surface area contributed by atoms with Gasteiger partial charge in [-0.2, -0.15) is 0 Å². The Kier molecular flexibility index (Phi) is 6.89. The first-order valence-electron chi connectivity index (χ1n) is 9.23. The zero-order valence-electron chi connectivity index (χ0n) is 16.7. The summed E-state index contributed by atoms with van der Waals surface area (Å²) in [5, 5.41) is 9.87. The molecule has 0 aromatic heterocycles. The zero-order valence-corrected chi connectivity index (χ0v) is 16.7. The third-order valence-electron chi connectivity index (χ3n) is 5.12. The molecule has 0 aliphatic carbocycles. The first kappa shape index (κ1) is 21.3. The van der Waals surface area contributed by atoms with Gasteiger partial charge >= 0.3 is 0 Å². The molecule has 1 heterocycles. The molecule has 2 aromatic rings. The largest absolute Gasteiger partial charge is 0.496 e. The minimum atomic E-state index is -0.942. The van der Waals surface area contributed by atoms with Crippen molar-refractivity contribution in [2.24, 2.45) is 0 Å². The highest BCUT2D eigenvalue weighted by Gasteiger charge is 2.35. The van der Waals surface area contributed by atoms with Gasteiger partial charge in [-0.1, -0.05) is 6.07 Å². The molecular formula is C21H25F2NO5. The number of ether oxygens (including phenoxy) is 4. The van der Waals surface area contributed by atoms with Crippen molar-refractivity contribution in [3.8, 4) is 17.2 Å². The van der Waals surface area contributed by atoms with Gasteiger partial charge in [-0.15, -0.1) is 0 Å². The van der Waals surface area contributed by atoms with E-state index >= 15 is 0 Å². The topological polar surface area (TPSA) is 60.4 Å². The standard InChI is InChI=1S/C21H25F2NO5/c1-26-16-7-5-15(22)20(23)14(16)11-24-8-9-29-19(12-25)21(24)13-4-6-17(27-2)18(10-13)28-3/h4-7,10,19,21,25H,8-9,11-12H2,1-3H3/t19-,21-/m1/s1. The molecule has 6 nitrogen and oxygen atoms in total. The van der Waals surface area contributed by atoms with E-state index in [0.717, 1.165) is 11.6 Å². The number of hydrogen-bond donors (Lipinski definition) is 1. The second kappa shape index (κ2) is 9.39. The summed E-state index contributed by atoms with van der Waals surface area (Å²) in [5.74, 6) is -0.514. The molecule has 0 saturated carbocycles. The van der Waals surface area contributed by atoms with E-state index in [0.29, 0.717) is 24.7 Å². The summed E-state index contributed by atoms with van der Waals surface area (Å²) in [4.78, 5) is 1.94. The summed E-state index contributed by atoms with van der Waals surface area (Å²) in [7, 11) is 4.49. The Morgan fingerprint density at radius 2 is 1.72 bits per heavy atom. The maximum Gasteiger partial charge on any atom is 0.167 e. The smallest absolute Gasteiger partial charge is 0.167 e. The Morgan fingerprint density at radius 3 is 2.38 bits per heavy atom. The molecule has 29 heavy (non-hydrogen) atoms. The molecule has 1 aliphatic heterocycles. The Hall–Kier alpha value is -2.42. The van der Waals surface area contributed by atoms with Crippen LogP contribution in [0, 0.1) is 11.6 Å². The maximum atomic E-state index is 14.5. The normalized spacial score (nSPS) is 19.8. The van der Waals surface area contributed by atoms with Crippen molar-refractivity contribution in [1.29, 1.82) is 0 Å². The van der Waals surface area contributed by atoms with Crippen molar-refractivity contribution >= 4 is 0 Å². The number of benzene rings is 2. The number of hydrogen-bond acceptors (Lipinski definition) is 6. The van der Waals surface area contributed by atoms with Crippen molar-refractivity contribution in [1.82, 2.24) is 4.90 Å². The third-order valence-corrected chi connectivity index (χ3v) is 5.12. The maximum absolute atomic E-state index is 14.5. The number of nitrogens with zero attached hydrogens (tertiary/aromatic N) is 1. The minimum Gasteiger partial charge on any atom is -0.496 e. The van der Waals surface area contributed by atoms with Crippen LogP contribution >= 0.6 is 0 Å². The van der Waals surface area contributed by atoms with Crippen molar-refractivity contribution in [3.05, 3.63) is 53.1 Å². The van der Waals surface area contributed by atoms with Gasteiger partial charge < -0.3 is 24.1 Å². The molecule has 8 heteroatoms. The number of aliphatic hydroxyl groups is 1. The average molecular weight is 409 g/mol. The van der Waals surface area contributed by atoms with Gasteiger partial charge in [-0.3, -0.25) is 4.90 Å². The number of morpholine rings is 1. The minimum absolute atomic E-state index is 0.0889. The molecule has 3 rings (SSSR count). The molecule has 1 N–H and O–H groups in total. The van der Waals surface area contributed by atoms with Crippen LogP contribution in [-0.4, -0.2) is 57.2 Å². The Balaban J connectivity index is 2.00. The first-order valence-corrected chi connectivity index (χ1v) is 9.23. The van der Waals surface area contributed by atoms with Crippen LogP contribution in [0.15, 0.2) is 30.3 Å². The molecule has 0 amide bonds. The Bertz CT molecular complexity index is 848. The lowest BCUT2D eigenvalue weighted by Gasteiger charge is -2.41. The summed E-state index contributed by atoms with van der Waals surface area (Å²) in [5.41, 5.74) is 0.925. The summed E-state index contributed by atoms with van der Waals surface area (Å²) in [6.45, 7) is 0.687. The fourth-order valence-corrected chi connectivity index (χ4v) is 3.70. The predicted molar refractivity (Wildman–Crippen MR) is 102 cm³/mol. The van der Waals surface area contributed by atoms with E-state index in [1.54, 1.807) is 19.2 Å². The van der Waals surface area contributed by atoms with Gasteiger partial charge in [0, 0.05) is 18.7 Å². The van der Waals surface area contributed by atoms with Crippen molar-refractivity contribution < 1.29 is 32.8 Å². The SMILES string of the molecule is COc1ccc([C@@H]2[C@@H](CO)OCCN2Cc2c(OC)ccc(F)c2F)cc1OC. The molecule has 0 spiro atoms. The second-order valence-corrected chi connectivity index (χ2v) is 6.66. The van der Waals surface area contributed by atoms with E-state index in [-0.39, 0.29) is 24.5 Å². The van der Waals surface area contributed by atoms with E-state index in [4.69, 9.17) is 18.9 Å². The van der Waals surface area contributed by atoms with E-state index in [9.17, 15) is 13.9 Å². The quantitative estimate of drug-likeness (QED) is 0.759. The van der Waals surface area contributed by atoms with Gasteiger partial charge in [0.15, 0.2) is 23.1 Å². The van der Waals surface area contributed by atoms with Crippen molar-refractivity contribution in [2.75, 3.05) is 41.1 Å². The third kappa shape index (κ3) is 4.29. The highest BCUT2D eigenvalue weighted by molar-refractivity contribution is 5.44. The summed E-state index contributed by atoms with van der Waals surface area (Å²) in [6, 6.07) is 7.45. The number of aliphatic hydroxyl groups excluding tert-OH is 1. The lowest BCUT2D eigenvalue weighted by molar-refractivity contribution is -0.0964. The van der Waals surface area contributed by atoms with Gasteiger partial charge in [-0.05, 0) is 29.8 Å². The summed E-state index contributed by atoms with van der Waals surface area (Å²) < 4.78 is 50.0. The van der Waals surface area contributed by atoms with Crippen LogP contribution in [0.1, 0.15) is 17.2 Å². The summed E-state index contributed by atoms with van der Waals surface area (Å²) in [6.07, 6.45) is -0.538. The van der Waals surface area contributed by atoms with Gasteiger partial charge in [-0.25, -0.2) is 8.78 Å². The van der Waals surface area contributed by atoms with Crippen molar-refractivity contribution in [3.63, 3.8) is 0 Å². The molecule has 1 fully saturated rings. The molecule has 2 atom stereocenters. The van der Waals surface area contributed by atoms with Crippen LogP contribution in [0.2, 0.25) is 0 Å². The van der Waals surface area contributed by atoms with Crippen LogP contribution in [0.3, 0.4) is 0 Å².